The molecule has 0 atom stereocenters. The second-order valence-corrected chi connectivity index (χ2v) is 5.62. The van der Waals surface area contributed by atoms with Crippen molar-refractivity contribution in [1.29, 1.82) is 0 Å². The Balaban J connectivity index is 1.68. The van der Waals surface area contributed by atoms with Crippen LogP contribution in [0.3, 0.4) is 0 Å². The molecule has 0 unspecified atom stereocenters. The molecule has 1 fully saturated rings. The first-order valence-corrected chi connectivity index (χ1v) is 7.33. The lowest BCUT2D eigenvalue weighted by atomic mass is 9.79. The Kier molecular flexibility index (Phi) is 4.08. The zero-order chi connectivity index (χ0) is 15.6. The molecule has 118 valence electrons. The molecule has 6 nitrogen and oxygen atoms in total. The van der Waals surface area contributed by atoms with Gasteiger partial charge in [-0.15, -0.1) is 0 Å². The zero-order valence-corrected chi connectivity index (χ0v) is 12.2. The lowest BCUT2D eigenvalue weighted by Crippen LogP contribution is -2.49. The van der Waals surface area contributed by atoms with Crippen molar-refractivity contribution in [2.24, 2.45) is 11.1 Å². The maximum absolute atomic E-state index is 13.2. The number of fused-ring (bicyclic) bond motifs is 1. The molecule has 0 bridgehead atoms. The third-order valence-electron chi connectivity index (χ3n) is 4.23. The quantitative estimate of drug-likeness (QED) is 0.788. The normalized spacial score (nSPS) is 17.5. The first-order chi connectivity index (χ1) is 10.6. The highest BCUT2D eigenvalue weighted by Gasteiger charge is 2.38. The van der Waals surface area contributed by atoms with Crippen LogP contribution in [0.5, 0.6) is 0 Å². The molecule has 3 rings (SSSR count). The maximum atomic E-state index is 13.2. The summed E-state index contributed by atoms with van der Waals surface area (Å²) in [5.41, 5.74) is 6.53. The summed E-state index contributed by atoms with van der Waals surface area (Å²) in [6.45, 7) is 1.66. The summed E-state index contributed by atoms with van der Waals surface area (Å²) in [6.07, 6.45) is 1.25. The van der Waals surface area contributed by atoms with E-state index in [1.165, 1.54) is 12.1 Å². The van der Waals surface area contributed by atoms with Gasteiger partial charge in [-0.25, -0.2) is 9.37 Å². The third kappa shape index (κ3) is 2.82. The van der Waals surface area contributed by atoms with Gasteiger partial charge in [0.05, 0.1) is 23.0 Å². The molecule has 1 saturated heterocycles. The van der Waals surface area contributed by atoms with Gasteiger partial charge in [0.2, 0.25) is 5.91 Å². The van der Waals surface area contributed by atoms with E-state index in [9.17, 15) is 9.18 Å². The van der Waals surface area contributed by atoms with Crippen molar-refractivity contribution in [3.63, 3.8) is 0 Å². The summed E-state index contributed by atoms with van der Waals surface area (Å²) in [5, 5.41) is 2.87. The van der Waals surface area contributed by atoms with Gasteiger partial charge in [-0.1, -0.05) is 0 Å². The van der Waals surface area contributed by atoms with Crippen molar-refractivity contribution in [2.75, 3.05) is 19.8 Å². The molecule has 2 heterocycles. The van der Waals surface area contributed by atoms with Crippen LogP contribution in [0.1, 0.15) is 18.7 Å². The van der Waals surface area contributed by atoms with Gasteiger partial charge in [0.25, 0.3) is 0 Å². The number of benzene rings is 1. The number of imidazole rings is 1. The van der Waals surface area contributed by atoms with Gasteiger partial charge in [-0.3, -0.25) is 4.79 Å². The Morgan fingerprint density at radius 2 is 2.23 bits per heavy atom. The fourth-order valence-corrected chi connectivity index (χ4v) is 2.76. The minimum absolute atomic E-state index is 0.0788. The van der Waals surface area contributed by atoms with E-state index in [1.54, 1.807) is 6.07 Å². The smallest absolute Gasteiger partial charge is 0.228 e. The molecule has 0 spiro atoms. The minimum atomic E-state index is -0.559. The Labute approximate surface area is 127 Å². The lowest BCUT2D eigenvalue weighted by molar-refractivity contribution is -0.136. The summed E-state index contributed by atoms with van der Waals surface area (Å²) < 4.78 is 18.5. The SMILES string of the molecule is NCC1(C(=O)NCc2nc3ccc(F)cc3[nH]2)CCOCC1. The van der Waals surface area contributed by atoms with Crippen LogP contribution in [-0.2, 0) is 16.1 Å². The van der Waals surface area contributed by atoms with Crippen molar-refractivity contribution in [2.45, 2.75) is 19.4 Å². The van der Waals surface area contributed by atoms with Crippen LogP contribution in [-0.4, -0.2) is 35.6 Å². The summed E-state index contributed by atoms with van der Waals surface area (Å²) in [6, 6.07) is 4.34. The van der Waals surface area contributed by atoms with E-state index in [0.29, 0.717) is 49.5 Å². The summed E-state index contributed by atoms with van der Waals surface area (Å²) in [7, 11) is 0. The van der Waals surface area contributed by atoms with Crippen molar-refractivity contribution in [1.82, 2.24) is 15.3 Å². The molecule has 4 N–H and O–H groups in total. The predicted molar refractivity (Wildman–Crippen MR) is 79.4 cm³/mol. The molecule has 1 aliphatic rings. The monoisotopic (exact) mass is 306 g/mol. The predicted octanol–water partition coefficient (Wildman–Crippen LogP) is 1.07. The second kappa shape index (κ2) is 6.02. The van der Waals surface area contributed by atoms with Crippen LogP contribution in [0.4, 0.5) is 4.39 Å². The highest BCUT2D eigenvalue weighted by molar-refractivity contribution is 5.83. The molecule has 2 aromatic rings. The second-order valence-electron chi connectivity index (χ2n) is 5.62. The number of hydrogen-bond acceptors (Lipinski definition) is 4. The third-order valence-corrected chi connectivity index (χ3v) is 4.23. The highest BCUT2D eigenvalue weighted by atomic mass is 19.1. The molecule has 0 radical (unpaired) electrons. The number of nitrogens with one attached hydrogen (secondary N) is 2. The molecule has 7 heteroatoms. The van der Waals surface area contributed by atoms with E-state index in [0.717, 1.165) is 0 Å². The van der Waals surface area contributed by atoms with Crippen molar-refractivity contribution in [3.05, 3.63) is 29.8 Å². The van der Waals surface area contributed by atoms with Crippen molar-refractivity contribution < 1.29 is 13.9 Å². The Bertz CT molecular complexity index is 679. The fourth-order valence-electron chi connectivity index (χ4n) is 2.76. The number of carbonyl (C=O) groups excluding carboxylic acids is 1. The molecule has 1 amide bonds. The summed E-state index contributed by atoms with van der Waals surface area (Å²) in [4.78, 5) is 19.8. The lowest BCUT2D eigenvalue weighted by Gasteiger charge is -2.34. The van der Waals surface area contributed by atoms with E-state index in [1.807, 2.05) is 0 Å². The molecule has 0 aliphatic carbocycles. The number of halogens is 1. The van der Waals surface area contributed by atoms with Gasteiger partial charge in [-0.2, -0.15) is 0 Å². The fraction of sp³-hybridized carbons (Fsp3) is 0.467. The average Bonchev–Trinajstić information content (AvgIpc) is 2.95. The Morgan fingerprint density at radius 3 is 2.95 bits per heavy atom. The molecular weight excluding hydrogens is 287 g/mol. The highest BCUT2D eigenvalue weighted by Crippen LogP contribution is 2.29. The van der Waals surface area contributed by atoms with Crippen molar-refractivity contribution in [3.8, 4) is 0 Å². The first-order valence-electron chi connectivity index (χ1n) is 7.33. The number of rotatable bonds is 4. The number of nitrogens with zero attached hydrogens (tertiary/aromatic N) is 1. The Morgan fingerprint density at radius 1 is 1.45 bits per heavy atom. The molecule has 1 aliphatic heterocycles. The standard InChI is InChI=1S/C15H19FN4O2/c16-10-1-2-11-12(7-10)20-13(19-11)8-18-14(21)15(9-17)3-5-22-6-4-15/h1-2,7H,3-6,8-9,17H2,(H,18,21)(H,19,20). The van der Waals surface area contributed by atoms with Gasteiger partial charge in [0, 0.05) is 19.8 Å². The molecule has 0 saturated carbocycles. The van der Waals surface area contributed by atoms with Crippen LogP contribution in [0.15, 0.2) is 18.2 Å². The molecule has 1 aromatic carbocycles. The Hall–Kier alpha value is -1.99. The number of ether oxygens (including phenoxy) is 1. The minimum Gasteiger partial charge on any atom is -0.381 e. The van der Waals surface area contributed by atoms with Crippen molar-refractivity contribution >= 4 is 16.9 Å². The van der Waals surface area contributed by atoms with E-state index in [4.69, 9.17) is 10.5 Å². The molecule has 1 aromatic heterocycles. The van der Waals surface area contributed by atoms with Gasteiger partial charge in [0.15, 0.2) is 0 Å². The number of aromatic nitrogens is 2. The maximum Gasteiger partial charge on any atom is 0.228 e. The zero-order valence-electron chi connectivity index (χ0n) is 12.2. The number of H-pyrrole nitrogens is 1. The van der Waals surface area contributed by atoms with Crippen LogP contribution >= 0.6 is 0 Å². The van der Waals surface area contributed by atoms with E-state index in [2.05, 4.69) is 15.3 Å². The summed E-state index contributed by atoms with van der Waals surface area (Å²) in [5.74, 6) is 0.189. The van der Waals surface area contributed by atoms with Crippen LogP contribution < -0.4 is 11.1 Å². The van der Waals surface area contributed by atoms with Gasteiger partial charge in [-0.05, 0) is 31.0 Å². The van der Waals surface area contributed by atoms with E-state index in [-0.39, 0.29) is 18.3 Å². The van der Waals surface area contributed by atoms with E-state index >= 15 is 0 Å². The van der Waals surface area contributed by atoms with Crippen LogP contribution in [0.25, 0.3) is 11.0 Å². The number of carbonyl (C=O) groups is 1. The average molecular weight is 306 g/mol. The first kappa shape index (κ1) is 14.9. The van der Waals surface area contributed by atoms with E-state index < -0.39 is 5.41 Å². The number of hydrogen-bond donors (Lipinski definition) is 3. The summed E-state index contributed by atoms with van der Waals surface area (Å²) >= 11 is 0. The number of amides is 1. The number of nitrogens with two attached hydrogens (primary N) is 1. The molecular formula is C15H19FN4O2. The van der Waals surface area contributed by atoms with Crippen LogP contribution in [0, 0.1) is 11.2 Å². The molecule has 22 heavy (non-hydrogen) atoms. The van der Waals surface area contributed by atoms with Crippen LogP contribution in [0.2, 0.25) is 0 Å². The largest absolute Gasteiger partial charge is 0.381 e. The number of aromatic amines is 1. The van der Waals surface area contributed by atoms with Gasteiger partial charge >= 0.3 is 0 Å². The topological polar surface area (TPSA) is 93.0 Å². The van der Waals surface area contributed by atoms with Gasteiger partial charge in [0.1, 0.15) is 11.6 Å². The van der Waals surface area contributed by atoms with Gasteiger partial charge < -0.3 is 20.8 Å².